The van der Waals surface area contributed by atoms with Crippen molar-refractivity contribution in [3.8, 4) is 0 Å². The molecule has 200 valence electrons. The SMILES string of the molecule is Cc1ccc(S(=O)(=O)N[C@@H]2CNC[C@@H](C(=O)NCCN3c4ccccc4CCc4ccc(Cl)cc43)C2)cc1. The molecule has 2 aliphatic heterocycles. The Labute approximate surface area is 229 Å². The molecule has 0 unspecified atom stereocenters. The predicted molar refractivity (Wildman–Crippen MR) is 152 cm³/mol. The number of piperidine rings is 1. The van der Waals surface area contributed by atoms with Crippen molar-refractivity contribution in [2.75, 3.05) is 31.1 Å². The fourth-order valence-corrected chi connectivity index (χ4v) is 6.71. The van der Waals surface area contributed by atoms with Crippen molar-refractivity contribution < 1.29 is 13.2 Å². The topological polar surface area (TPSA) is 90.5 Å². The summed E-state index contributed by atoms with van der Waals surface area (Å²) in [7, 11) is -3.66. The average molecular weight is 553 g/mol. The van der Waals surface area contributed by atoms with Crippen LogP contribution in [-0.4, -0.2) is 46.5 Å². The zero-order valence-corrected chi connectivity index (χ0v) is 23.0. The van der Waals surface area contributed by atoms with Gasteiger partial charge in [0.15, 0.2) is 0 Å². The highest BCUT2D eigenvalue weighted by atomic mass is 35.5. The van der Waals surface area contributed by atoms with Gasteiger partial charge >= 0.3 is 0 Å². The highest BCUT2D eigenvalue weighted by molar-refractivity contribution is 7.89. The lowest BCUT2D eigenvalue weighted by Crippen LogP contribution is -2.52. The summed E-state index contributed by atoms with van der Waals surface area (Å²) < 4.78 is 28.4. The molecule has 2 heterocycles. The Hall–Kier alpha value is -2.91. The third-order valence-corrected chi connectivity index (χ3v) is 9.06. The molecular formula is C29H33ClN4O3S. The van der Waals surface area contributed by atoms with Gasteiger partial charge in [0.1, 0.15) is 0 Å². The quantitative estimate of drug-likeness (QED) is 0.413. The molecule has 3 aromatic rings. The number of nitrogens with zero attached hydrogens (tertiary/aromatic N) is 1. The van der Waals surface area contributed by atoms with E-state index in [1.54, 1.807) is 24.3 Å². The molecule has 5 rings (SSSR count). The van der Waals surface area contributed by atoms with Gasteiger partial charge in [-0.3, -0.25) is 4.79 Å². The number of nitrogens with one attached hydrogen (secondary N) is 3. The minimum Gasteiger partial charge on any atom is -0.354 e. The van der Waals surface area contributed by atoms with E-state index < -0.39 is 10.0 Å². The largest absolute Gasteiger partial charge is 0.354 e. The number of carbonyl (C=O) groups is 1. The average Bonchev–Trinajstić information content (AvgIpc) is 3.05. The van der Waals surface area contributed by atoms with Gasteiger partial charge in [-0.05, 0) is 67.6 Å². The van der Waals surface area contributed by atoms with Crippen LogP contribution in [0.5, 0.6) is 0 Å². The Morgan fingerprint density at radius 2 is 1.74 bits per heavy atom. The molecule has 0 spiro atoms. The summed E-state index contributed by atoms with van der Waals surface area (Å²) >= 11 is 6.36. The number of hydrogen-bond donors (Lipinski definition) is 3. The van der Waals surface area contributed by atoms with Crippen LogP contribution >= 0.6 is 11.6 Å². The summed E-state index contributed by atoms with van der Waals surface area (Å²) in [4.78, 5) is 15.6. The molecule has 0 saturated carbocycles. The molecule has 0 aromatic heterocycles. The second kappa shape index (κ2) is 11.5. The van der Waals surface area contributed by atoms with E-state index in [1.807, 2.05) is 25.1 Å². The fourth-order valence-electron chi connectivity index (χ4n) is 5.30. The Balaban J connectivity index is 1.22. The van der Waals surface area contributed by atoms with E-state index in [2.05, 4.69) is 44.5 Å². The number of halogens is 1. The van der Waals surface area contributed by atoms with Crippen LogP contribution in [0.4, 0.5) is 11.4 Å². The highest BCUT2D eigenvalue weighted by Crippen LogP contribution is 2.37. The van der Waals surface area contributed by atoms with Gasteiger partial charge in [-0.25, -0.2) is 13.1 Å². The van der Waals surface area contributed by atoms with Crippen molar-refractivity contribution in [2.45, 2.75) is 37.1 Å². The highest BCUT2D eigenvalue weighted by Gasteiger charge is 2.30. The normalized spacial score (nSPS) is 19.3. The molecule has 3 N–H and O–H groups in total. The van der Waals surface area contributed by atoms with Crippen LogP contribution in [0.1, 0.15) is 23.1 Å². The maximum absolute atomic E-state index is 13.1. The van der Waals surface area contributed by atoms with Gasteiger partial charge in [-0.1, -0.05) is 53.6 Å². The lowest BCUT2D eigenvalue weighted by atomic mass is 9.95. The lowest BCUT2D eigenvalue weighted by molar-refractivity contribution is -0.125. The third kappa shape index (κ3) is 6.04. The Morgan fingerprint density at radius 1 is 1.00 bits per heavy atom. The second-order valence-corrected chi connectivity index (χ2v) is 12.2. The van der Waals surface area contributed by atoms with Crippen LogP contribution < -0.4 is 20.3 Å². The van der Waals surface area contributed by atoms with Crippen LogP contribution in [0.2, 0.25) is 5.02 Å². The molecular weight excluding hydrogens is 520 g/mol. The van der Waals surface area contributed by atoms with E-state index in [0.717, 1.165) is 29.8 Å². The minimum atomic E-state index is -3.66. The summed E-state index contributed by atoms with van der Waals surface area (Å²) in [6, 6.07) is 20.8. The number of fused-ring (bicyclic) bond motifs is 2. The van der Waals surface area contributed by atoms with Gasteiger partial charge in [-0.15, -0.1) is 0 Å². The van der Waals surface area contributed by atoms with Crippen LogP contribution in [0.25, 0.3) is 0 Å². The molecule has 7 nitrogen and oxygen atoms in total. The first-order valence-electron chi connectivity index (χ1n) is 13.0. The third-order valence-electron chi connectivity index (χ3n) is 7.29. The molecule has 3 aromatic carbocycles. The summed E-state index contributed by atoms with van der Waals surface area (Å²) in [5.74, 6) is -0.404. The zero-order chi connectivity index (χ0) is 26.7. The van der Waals surface area contributed by atoms with Gasteiger partial charge in [0.25, 0.3) is 0 Å². The van der Waals surface area contributed by atoms with E-state index in [-0.39, 0.29) is 22.8 Å². The van der Waals surface area contributed by atoms with Gasteiger partial charge < -0.3 is 15.5 Å². The minimum absolute atomic E-state index is 0.0776. The molecule has 0 aliphatic carbocycles. The van der Waals surface area contributed by atoms with Gasteiger partial charge in [0, 0.05) is 48.6 Å². The fraction of sp³-hybridized carbons (Fsp3) is 0.345. The van der Waals surface area contributed by atoms with Crippen LogP contribution in [0.3, 0.4) is 0 Å². The number of hydrogen-bond acceptors (Lipinski definition) is 5. The van der Waals surface area contributed by atoms with Crippen LogP contribution in [-0.2, 0) is 27.7 Å². The number of rotatable bonds is 7. The first kappa shape index (κ1) is 26.7. The number of sulfonamides is 1. The molecule has 1 fully saturated rings. The van der Waals surface area contributed by atoms with Crippen molar-refractivity contribution in [3.05, 3.63) is 88.4 Å². The van der Waals surface area contributed by atoms with Crippen LogP contribution in [0, 0.1) is 12.8 Å². The number of para-hydroxylation sites is 1. The number of carbonyl (C=O) groups excluding carboxylic acids is 1. The van der Waals surface area contributed by atoms with E-state index in [0.29, 0.717) is 37.6 Å². The molecule has 0 radical (unpaired) electrons. The maximum atomic E-state index is 13.1. The van der Waals surface area contributed by atoms with E-state index in [4.69, 9.17) is 11.6 Å². The van der Waals surface area contributed by atoms with E-state index in [1.165, 1.54) is 11.1 Å². The number of benzene rings is 3. The standard InChI is InChI=1S/C29H33ClN4O3S/c1-20-6-12-26(13-7-20)38(36,37)33-25-16-23(18-31-19-25)29(35)32-14-15-34-27-5-3-2-4-21(27)8-9-22-10-11-24(30)17-28(22)34/h2-7,10-13,17,23,25,31,33H,8-9,14-16,18-19H2,1H3,(H,32,35)/t23-,25-/m0/s1. The molecule has 1 saturated heterocycles. The van der Waals surface area contributed by atoms with Crippen LogP contribution in [0.15, 0.2) is 71.6 Å². The summed E-state index contributed by atoms with van der Waals surface area (Å²) in [5, 5.41) is 6.99. The van der Waals surface area contributed by atoms with Crippen molar-refractivity contribution in [3.63, 3.8) is 0 Å². The molecule has 38 heavy (non-hydrogen) atoms. The number of anilines is 2. The summed E-state index contributed by atoms with van der Waals surface area (Å²) in [6.07, 6.45) is 2.32. The first-order chi connectivity index (χ1) is 18.3. The Kier molecular flexibility index (Phi) is 8.04. The Bertz CT molecular complexity index is 1410. The Morgan fingerprint density at radius 3 is 2.53 bits per heavy atom. The van der Waals surface area contributed by atoms with E-state index >= 15 is 0 Å². The molecule has 0 bridgehead atoms. The number of aryl methyl sites for hydroxylation is 3. The van der Waals surface area contributed by atoms with Crippen molar-refractivity contribution in [2.24, 2.45) is 5.92 Å². The smallest absolute Gasteiger partial charge is 0.240 e. The predicted octanol–water partition coefficient (Wildman–Crippen LogP) is 3.96. The van der Waals surface area contributed by atoms with E-state index in [9.17, 15) is 13.2 Å². The molecule has 2 atom stereocenters. The summed E-state index contributed by atoms with van der Waals surface area (Å²) in [6.45, 7) is 3.96. The molecule has 1 amide bonds. The van der Waals surface area contributed by atoms with Crippen molar-refractivity contribution in [1.82, 2.24) is 15.4 Å². The summed E-state index contributed by atoms with van der Waals surface area (Å²) in [5.41, 5.74) is 5.70. The van der Waals surface area contributed by atoms with Gasteiger partial charge in [0.2, 0.25) is 15.9 Å². The first-order valence-corrected chi connectivity index (χ1v) is 14.9. The maximum Gasteiger partial charge on any atom is 0.240 e. The molecule has 9 heteroatoms. The second-order valence-electron chi connectivity index (χ2n) is 10.1. The molecule has 2 aliphatic rings. The lowest BCUT2D eigenvalue weighted by Gasteiger charge is -2.30. The van der Waals surface area contributed by atoms with Crippen molar-refractivity contribution in [1.29, 1.82) is 0 Å². The number of amides is 1. The zero-order valence-electron chi connectivity index (χ0n) is 21.4. The van der Waals surface area contributed by atoms with Crippen molar-refractivity contribution >= 4 is 38.9 Å². The van der Waals surface area contributed by atoms with Gasteiger partial charge in [0.05, 0.1) is 10.8 Å². The van der Waals surface area contributed by atoms with Gasteiger partial charge in [-0.2, -0.15) is 0 Å². The monoisotopic (exact) mass is 552 g/mol.